The minimum atomic E-state index is -0.0759. The van der Waals surface area contributed by atoms with Crippen LogP contribution in [0.15, 0.2) is 42.5 Å². The average molecular weight is 338 g/mol. The Labute approximate surface area is 149 Å². The van der Waals surface area contributed by atoms with Crippen molar-refractivity contribution in [3.05, 3.63) is 64.7 Å². The molecule has 1 aliphatic heterocycles. The number of amides is 1. The molecule has 2 aromatic rings. The van der Waals surface area contributed by atoms with Crippen molar-refractivity contribution in [2.24, 2.45) is 5.92 Å². The van der Waals surface area contributed by atoms with Crippen LogP contribution in [0.25, 0.3) is 0 Å². The molecule has 1 saturated heterocycles. The van der Waals surface area contributed by atoms with Gasteiger partial charge >= 0.3 is 0 Å². The van der Waals surface area contributed by atoms with E-state index in [4.69, 9.17) is 0 Å². The first kappa shape index (κ1) is 17.5. The summed E-state index contributed by atoms with van der Waals surface area (Å²) in [6.45, 7) is 8.07. The van der Waals surface area contributed by atoms with Gasteiger partial charge in [0.1, 0.15) is 5.75 Å². The Morgan fingerprint density at radius 2 is 1.96 bits per heavy atom. The predicted molar refractivity (Wildman–Crippen MR) is 99.7 cm³/mol. The molecule has 0 bridgehead atoms. The van der Waals surface area contributed by atoms with E-state index in [0.717, 1.165) is 26.1 Å². The summed E-state index contributed by atoms with van der Waals surface area (Å²) < 4.78 is 0. The minimum Gasteiger partial charge on any atom is -0.508 e. The van der Waals surface area contributed by atoms with Crippen LogP contribution in [0.4, 0.5) is 0 Å². The van der Waals surface area contributed by atoms with E-state index in [-0.39, 0.29) is 11.7 Å². The van der Waals surface area contributed by atoms with Crippen molar-refractivity contribution in [3.8, 4) is 5.75 Å². The van der Waals surface area contributed by atoms with Crippen LogP contribution in [0.1, 0.15) is 33.5 Å². The lowest BCUT2D eigenvalue weighted by molar-refractivity contribution is 0.0947. The molecular formula is C21H26N2O2. The molecule has 1 fully saturated rings. The number of rotatable bonds is 5. The van der Waals surface area contributed by atoms with Gasteiger partial charge < -0.3 is 10.4 Å². The van der Waals surface area contributed by atoms with Crippen LogP contribution in [-0.4, -0.2) is 35.5 Å². The number of phenolic OH excluding ortho intramolecular Hbond substituents is 1. The quantitative estimate of drug-likeness (QED) is 0.880. The highest BCUT2D eigenvalue weighted by molar-refractivity contribution is 5.94. The maximum atomic E-state index is 12.2. The summed E-state index contributed by atoms with van der Waals surface area (Å²) in [5.41, 5.74) is 4.63. The summed E-state index contributed by atoms with van der Waals surface area (Å²) in [5.74, 6) is 0.591. The molecule has 0 aliphatic carbocycles. The third-order valence-corrected chi connectivity index (χ3v) is 4.95. The molecule has 1 heterocycles. The Morgan fingerprint density at radius 3 is 2.72 bits per heavy atom. The Balaban J connectivity index is 1.49. The van der Waals surface area contributed by atoms with Crippen LogP contribution in [0.3, 0.4) is 0 Å². The van der Waals surface area contributed by atoms with Crippen molar-refractivity contribution in [3.63, 3.8) is 0 Å². The van der Waals surface area contributed by atoms with Crippen LogP contribution in [0, 0.1) is 19.8 Å². The van der Waals surface area contributed by atoms with E-state index in [0.29, 0.717) is 18.0 Å². The SMILES string of the molecule is Cc1ccc(C)c(CN2CC[C@@H](CNC(=O)c3ccc(O)cc3)C2)c1. The third kappa shape index (κ3) is 4.60. The second-order valence-corrected chi connectivity index (χ2v) is 7.08. The second kappa shape index (κ2) is 7.70. The molecule has 3 rings (SSSR count). The number of nitrogens with one attached hydrogen (secondary N) is 1. The van der Waals surface area contributed by atoms with E-state index >= 15 is 0 Å². The highest BCUT2D eigenvalue weighted by atomic mass is 16.3. The van der Waals surface area contributed by atoms with Gasteiger partial charge in [0.15, 0.2) is 0 Å². The molecule has 2 aromatic carbocycles. The summed E-state index contributed by atoms with van der Waals surface area (Å²) >= 11 is 0. The van der Waals surface area contributed by atoms with Crippen LogP contribution >= 0.6 is 0 Å². The predicted octanol–water partition coefficient (Wildman–Crippen LogP) is 3.26. The highest BCUT2D eigenvalue weighted by Gasteiger charge is 2.23. The first-order chi connectivity index (χ1) is 12.0. The number of phenols is 1. The maximum absolute atomic E-state index is 12.2. The molecule has 25 heavy (non-hydrogen) atoms. The normalized spacial score (nSPS) is 17.6. The van der Waals surface area contributed by atoms with Gasteiger partial charge in [-0.3, -0.25) is 9.69 Å². The molecule has 0 saturated carbocycles. The summed E-state index contributed by atoms with van der Waals surface area (Å²) in [7, 11) is 0. The van der Waals surface area contributed by atoms with Crippen molar-refractivity contribution < 1.29 is 9.90 Å². The molecule has 4 nitrogen and oxygen atoms in total. The molecule has 0 aromatic heterocycles. The van der Waals surface area contributed by atoms with E-state index < -0.39 is 0 Å². The van der Waals surface area contributed by atoms with Crippen molar-refractivity contribution in [1.82, 2.24) is 10.2 Å². The fraction of sp³-hybridized carbons (Fsp3) is 0.381. The van der Waals surface area contributed by atoms with Gasteiger partial charge in [0.05, 0.1) is 0 Å². The van der Waals surface area contributed by atoms with Gasteiger partial charge in [0, 0.05) is 25.2 Å². The fourth-order valence-electron chi connectivity index (χ4n) is 3.39. The molecule has 1 aliphatic rings. The lowest BCUT2D eigenvalue weighted by Crippen LogP contribution is -2.31. The lowest BCUT2D eigenvalue weighted by atomic mass is 10.1. The first-order valence-corrected chi connectivity index (χ1v) is 8.87. The number of aromatic hydroxyl groups is 1. The molecule has 132 valence electrons. The smallest absolute Gasteiger partial charge is 0.251 e. The molecule has 0 unspecified atom stereocenters. The van der Waals surface area contributed by atoms with Crippen LogP contribution in [0.2, 0.25) is 0 Å². The zero-order valence-corrected chi connectivity index (χ0v) is 15.0. The fourth-order valence-corrected chi connectivity index (χ4v) is 3.39. The number of aryl methyl sites for hydroxylation is 2. The number of likely N-dealkylation sites (tertiary alicyclic amines) is 1. The van der Waals surface area contributed by atoms with Crippen molar-refractivity contribution in [2.75, 3.05) is 19.6 Å². The first-order valence-electron chi connectivity index (χ1n) is 8.87. The zero-order chi connectivity index (χ0) is 17.8. The van der Waals surface area contributed by atoms with Crippen molar-refractivity contribution in [2.45, 2.75) is 26.8 Å². The topological polar surface area (TPSA) is 52.6 Å². The molecule has 1 amide bonds. The summed E-state index contributed by atoms with van der Waals surface area (Å²) in [5, 5.41) is 12.3. The van der Waals surface area contributed by atoms with Gasteiger partial charge in [-0.2, -0.15) is 0 Å². The van der Waals surface area contributed by atoms with Crippen molar-refractivity contribution in [1.29, 1.82) is 0 Å². The number of benzene rings is 2. The number of hydrogen-bond acceptors (Lipinski definition) is 3. The monoisotopic (exact) mass is 338 g/mol. The Hall–Kier alpha value is -2.33. The highest BCUT2D eigenvalue weighted by Crippen LogP contribution is 2.20. The van der Waals surface area contributed by atoms with Crippen LogP contribution < -0.4 is 5.32 Å². The second-order valence-electron chi connectivity index (χ2n) is 7.08. The largest absolute Gasteiger partial charge is 0.508 e. The Kier molecular flexibility index (Phi) is 5.39. The maximum Gasteiger partial charge on any atom is 0.251 e. The van der Waals surface area contributed by atoms with Crippen LogP contribution in [-0.2, 0) is 6.54 Å². The molecule has 4 heteroatoms. The molecule has 0 radical (unpaired) electrons. The molecular weight excluding hydrogens is 312 g/mol. The van der Waals surface area contributed by atoms with Gasteiger partial charge in [-0.05, 0) is 68.1 Å². The van der Waals surface area contributed by atoms with E-state index in [1.165, 1.54) is 28.8 Å². The standard InChI is InChI=1S/C21H26N2O2/c1-15-3-4-16(2)19(11-15)14-23-10-9-17(13-23)12-22-21(25)18-5-7-20(24)8-6-18/h3-8,11,17,24H,9-10,12-14H2,1-2H3,(H,22,25)/t17-/m0/s1. The minimum absolute atomic E-state index is 0.0759. The van der Waals surface area contributed by atoms with Crippen LogP contribution in [0.5, 0.6) is 5.75 Å². The Bertz CT molecular complexity index is 740. The number of carbonyl (C=O) groups excluding carboxylic acids is 1. The van der Waals surface area contributed by atoms with E-state index in [9.17, 15) is 9.90 Å². The number of carbonyl (C=O) groups is 1. The summed E-state index contributed by atoms with van der Waals surface area (Å²) in [6, 6.07) is 13.0. The van der Waals surface area contributed by atoms with E-state index in [1.54, 1.807) is 12.1 Å². The number of nitrogens with zero attached hydrogens (tertiary/aromatic N) is 1. The van der Waals surface area contributed by atoms with E-state index in [1.807, 2.05) is 0 Å². The Morgan fingerprint density at radius 1 is 1.20 bits per heavy atom. The van der Waals surface area contributed by atoms with Gasteiger partial charge in [0.25, 0.3) is 5.91 Å². The van der Waals surface area contributed by atoms with Gasteiger partial charge in [-0.1, -0.05) is 23.8 Å². The summed E-state index contributed by atoms with van der Waals surface area (Å²) in [6.07, 6.45) is 1.11. The summed E-state index contributed by atoms with van der Waals surface area (Å²) in [4.78, 5) is 14.6. The zero-order valence-electron chi connectivity index (χ0n) is 15.0. The van der Waals surface area contributed by atoms with E-state index in [2.05, 4.69) is 42.3 Å². The molecule has 2 N–H and O–H groups in total. The molecule has 0 spiro atoms. The lowest BCUT2D eigenvalue weighted by Gasteiger charge is -2.18. The van der Waals surface area contributed by atoms with Gasteiger partial charge in [-0.25, -0.2) is 0 Å². The molecule has 1 atom stereocenters. The average Bonchev–Trinajstić information content (AvgIpc) is 3.04. The van der Waals surface area contributed by atoms with Gasteiger partial charge in [-0.15, -0.1) is 0 Å². The number of hydrogen-bond donors (Lipinski definition) is 2. The third-order valence-electron chi connectivity index (χ3n) is 4.95. The van der Waals surface area contributed by atoms with Gasteiger partial charge in [0.2, 0.25) is 0 Å². The van der Waals surface area contributed by atoms with Crippen molar-refractivity contribution >= 4 is 5.91 Å².